The van der Waals surface area contributed by atoms with Crippen LogP contribution in [0.1, 0.15) is 5.56 Å². The van der Waals surface area contributed by atoms with Crippen LogP contribution in [0.2, 0.25) is 0 Å². The molecule has 0 aliphatic heterocycles. The Morgan fingerprint density at radius 2 is 1.95 bits per heavy atom. The molecule has 0 fully saturated rings. The van der Waals surface area contributed by atoms with Gasteiger partial charge in [0.1, 0.15) is 18.1 Å². The summed E-state index contributed by atoms with van der Waals surface area (Å²) < 4.78 is 15.1. The van der Waals surface area contributed by atoms with Gasteiger partial charge in [0.05, 0.1) is 26.3 Å². The van der Waals surface area contributed by atoms with Gasteiger partial charge in [0, 0.05) is 11.6 Å². The van der Waals surface area contributed by atoms with Gasteiger partial charge in [-0.3, -0.25) is 10.1 Å². The number of hydrogen-bond acceptors (Lipinski definition) is 5. The monoisotopic (exact) mass is 295 g/mol. The van der Waals surface area contributed by atoms with Gasteiger partial charge in [0.2, 0.25) is 0 Å². The van der Waals surface area contributed by atoms with E-state index in [2.05, 4.69) is 11.9 Å². The second kappa shape index (κ2) is 7.78. The van der Waals surface area contributed by atoms with Crippen LogP contribution in [0, 0.1) is 0 Å². The van der Waals surface area contributed by atoms with Gasteiger partial charge in [-0.1, -0.05) is 12.7 Å². The molecule has 0 aromatic heterocycles. The summed E-state index contributed by atoms with van der Waals surface area (Å²) in [5.74, 6) is -0.360. The number of benzene rings is 1. The number of carbonyl (C=O) groups excluding carboxylic acids is 1. The van der Waals surface area contributed by atoms with Gasteiger partial charge in [-0.05, 0) is 6.07 Å². The summed E-state index contributed by atoms with van der Waals surface area (Å²) in [5.41, 5.74) is 0.754. The molecular formula is C14H17NO6. The predicted octanol–water partition coefficient (Wildman–Crippen LogP) is 2.07. The van der Waals surface area contributed by atoms with Gasteiger partial charge in [0.15, 0.2) is 0 Å². The van der Waals surface area contributed by atoms with Crippen molar-refractivity contribution in [1.29, 1.82) is 0 Å². The Morgan fingerprint density at radius 3 is 2.48 bits per heavy atom. The molecule has 7 heteroatoms. The van der Waals surface area contributed by atoms with Crippen molar-refractivity contribution >= 4 is 17.7 Å². The summed E-state index contributed by atoms with van der Waals surface area (Å²) in [5, 5.41) is 11.4. The quantitative estimate of drug-likeness (QED) is 0.748. The van der Waals surface area contributed by atoms with Gasteiger partial charge in [-0.2, -0.15) is 0 Å². The first-order valence-electron chi connectivity index (χ1n) is 6.03. The molecule has 0 aliphatic carbocycles. The first kappa shape index (κ1) is 16.4. The van der Waals surface area contributed by atoms with Crippen LogP contribution >= 0.6 is 0 Å². The van der Waals surface area contributed by atoms with E-state index in [1.54, 1.807) is 0 Å². The Bertz CT molecular complexity index is 541. The first-order valence-corrected chi connectivity index (χ1v) is 6.03. The molecule has 0 saturated heterocycles. The molecule has 1 aromatic carbocycles. The molecule has 0 bridgehead atoms. The number of nitrogens with one attached hydrogen (secondary N) is 1. The number of ether oxygens (including phenoxy) is 3. The highest BCUT2D eigenvalue weighted by Crippen LogP contribution is 2.33. The zero-order valence-corrected chi connectivity index (χ0v) is 11.8. The number of anilines is 1. The summed E-state index contributed by atoms with van der Waals surface area (Å²) >= 11 is 0. The van der Waals surface area contributed by atoms with Crippen molar-refractivity contribution in [2.75, 3.05) is 26.1 Å². The first-order chi connectivity index (χ1) is 10.0. The third kappa shape index (κ3) is 4.72. The highest BCUT2D eigenvalue weighted by atomic mass is 16.5. The van der Waals surface area contributed by atoms with Crippen molar-refractivity contribution in [3.63, 3.8) is 0 Å². The lowest BCUT2D eigenvalue weighted by atomic mass is 10.1. The zero-order valence-electron chi connectivity index (χ0n) is 11.8. The topological polar surface area (TPSA) is 94.1 Å². The minimum atomic E-state index is -0.999. The molecule has 114 valence electrons. The maximum absolute atomic E-state index is 11.5. The Morgan fingerprint density at radius 1 is 1.29 bits per heavy atom. The van der Waals surface area contributed by atoms with Crippen LogP contribution in [-0.4, -0.2) is 38.0 Å². The second-order valence-corrected chi connectivity index (χ2v) is 3.95. The maximum Gasteiger partial charge on any atom is 0.412 e. The van der Waals surface area contributed by atoms with E-state index in [9.17, 15) is 9.59 Å². The summed E-state index contributed by atoms with van der Waals surface area (Å²) in [4.78, 5) is 22.4. The van der Waals surface area contributed by atoms with E-state index in [1.807, 2.05) is 0 Å². The molecule has 1 aromatic rings. The summed E-state index contributed by atoms with van der Waals surface area (Å²) in [6.07, 6.45) is 0.537. The van der Waals surface area contributed by atoms with Crippen LogP contribution in [0.5, 0.6) is 11.5 Å². The highest BCUT2D eigenvalue weighted by Gasteiger charge is 2.15. The van der Waals surface area contributed by atoms with Gasteiger partial charge in [-0.25, -0.2) is 4.79 Å². The van der Waals surface area contributed by atoms with E-state index >= 15 is 0 Å². The molecule has 0 aliphatic rings. The largest absolute Gasteiger partial charge is 0.496 e. The molecule has 0 unspecified atom stereocenters. The van der Waals surface area contributed by atoms with Crippen molar-refractivity contribution in [3.05, 3.63) is 30.4 Å². The molecule has 0 atom stereocenters. The van der Waals surface area contributed by atoms with E-state index in [0.717, 1.165) is 0 Å². The van der Waals surface area contributed by atoms with Crippen molar-refractivity contribution < 1.29 is 28.9 Å². The Kier molecular flexibility index (Phi) is 6.06. The molecule has 1 rings (SSSR count). The fourth-order valence-corrected chi connectivity index (χ4v) is 1.64. The average Bonchev–Trinajstić information content (AvgIpc) is 2.45. The molecule has 1 amide bonds. The zero-order chi connectivity index (χ0) is 15.8. The van der Waals surface area contributed by atoms with Crippen LogP contribution in [0.15, 0.2) is 24.8 Å². The lowest BCUT2D eigenvalue weighted by molar-refractivity contribution is -0.136. The SMILES string of the molecule is C=CCOC(=O)Nc1cc(OC)c(CC(=O)O)cc1OC. The van der Waals surface area contributed by atoms with Crippen LogP contribution in [-0.2, 0) is 16.0 Å². The van der Waals surface area contributed by atoms with E-state index < -0.39 is 12.1 Å². The van der Waals surface area contributed by atoms with Crippen molar-refractivity contribution in [2.24, 2.45) is 0 Å². The summed E-state index contributed by atoms with van der Waals surface area (Å²) in [6.45, 7) is 3.51. The van der Waals surface area contributed by atoms with E-state index in [0.29, 0.717) is 22.7 Å². The number of carboxylic acids is 1. The van der Waals surface area contributed by atoms with Crippen LogP contribution < -0.4 is 14.8 Å². The average molecular weight is 295 g/mol. The maximum atomic E-state index is 11.5. The van der Waals surface area contributed by atoms with E-state index in [1.165, 1.54) is 32.4 Å². The third-order valence-electron chi connectivity index (χ3n) is 2.51. The third-order valence-corrected chi connectivity index (χ3v) is 2.51. The van der Waals surface area contributed by atoms with Gasteiger partial charge in [0.25, 0.3) is 0 Å². The molecular weight excluding hydrogens is 278 g/mol. The van der Waals surface area contributed by atoms with Crippen molar-refractivity contribution in [1.82, 2.24) is 0 Å². The molecule has 21 heavy (non-hydrogen) atoms. The molecule has 0 spiro atoms. The van der Waals surface area contributed by atoms with Crippen LogP contribution in [0.3, 0.4) is 0 Å². The summed E-state index contributed by atoms with van der Waals surface area (Å²) in [6, 6.07) is 2.97. The predicted molar refractivity (Wildman–Crippen MR) is 76.1 cm³/mol. The number of rotatable bonds is 7. The van der Waals surface area contributed by atoms with Gasteiger partial charge < -0.3 is 19.3 Å². The fraction of sp³-hybridized carbons (Fsp3) is 0.286. The highest BCUT2D eigenvalue weighted by molar-refractivity contribution is 5.87. The minimum absolute atomic E-state index is 0.0718. The number of hydrogen-bond donors (Lipinski definition) is 2. The molecule has 7 nitrogen and oxygen atoms in total. The second-order valence-electron chi connectivity index (χ2n) is 3.95. The van der Waals surface area contributed by atoms with Crippen LogP contribution in [0.4, 0.5) is 10.5 Å². The van der Waals surface area contributed by atoms with Crippen molar-refractivity contribution in [2.45, 2.75) is 6.42 Å². The van der Waals surface area contributed by atoms with Gasteiger partial charge in [-0.15, -0.1) is 0 Å². The molecule has 0 heterocycles. The minimum Gasteiger partial charge on any atom is -0.496 e. The lowest BCUT2D eigenvalue weighted by Crippen LogP contribution is -2.15. The fourth-order valence-electron chi connectivity index (χ4n) is 1.64. The summed E-state index contributed by atoms with van der Waals surface area (Å²) in [7, 11) is 2.82. The number of methoxy groups -OCH3 is 2. The van der Waals surface area contributed by atoms with Gasteiger partial charge >= 0.3 is 12.1 Å². The smallest absolute Gasteiger partial charge is 0.412 e. The van der Waals surface area contributed by atoms with E-state index in [4.69, 9.17) is 19.3 Å². The lowest BCUT2D eigenvalue weighted by Gasteiger charge is -2.14. The van der Waals surface area contributed by atoms with E-state index in [-0.39, 0.29) is 13.0 Å². The van der Waals surface area contributed by atoms with Crippen LogP contribution in [0.25, 0.3) is 0 Å². The number of carboxylic acid groups (broad SMARTS) is 1. The molecule has 0 saturated carbocycles. The number of aliphatic carboxylic acids is 1. The number of amides is 1. The molecule has 2 N–H and O–H groups in total. The molecule has 0 radical (unpaired) electrons. The Labute approximate surface area is 122 Å². The Hall–Kier alpha value is -2.70. The Balaban J connectivity index is 3.05. The number of carbonyl (C=O) groups is 2. The van der Waals surface area contributed by atoms with Crippen molar-refractivity contribution in [3.8, 4) is 11.5 Å². The normalized spacial score (nSPS) is 9.62. The standard InChI is InChI=1S/C14H17NO6/c1-4-5-21-14(18)15-10-8-11(19-2)9(7-13(16)17)6-12(10)20-3/h4,6,8H,1,5,7H2,2-3H3,(H,15,18)(H,16,17).